The van der Waals surface area contributed by atoms with Crippen LogP contribution in [-0.2, 0) is 11.3 Å². The lowest BCUT2D eigenvalue weighted by Crippen LogP contribution is -2.45. The van der Waals surface area contributed by atoms with Gasteiger partial charge in [0.1, 0.15) is 5.75 Å². The molecule has 0 spiro atoms. The largest absolute Gasteiger partial charge is 0.497 e. The molecule has 21 heavy (non-hydrogen) atoms. The lowest BCUT2D eigenvalue weighted by molar-refractivity contribution is -0.0102. The normalized spacial score (nSPS) is 21.2. The van der Waals surface area contributed by atoms with Crippen molar-refractivity contribution in [1.82, 2.24) is 5.32 Å². The van der Waals surface area contributed by atoms with Gasteiger partial charge in [-0.25, -0.2) is 0 Å². The molecule has 0 unspecified atom stereocenters. The number of rotatable bonds is 6. The molecular formula is C18H23NO2. The standard InChI is InChI=1S/C18H23NO2/c1-3-21-18-10-16(11-18)19-12-13-4-5-15-9-17(20-2)7-6-14(15)8-13/h4-9,16,18-19H,3,10-12H2,1-2H3. The maximum atomic E-state index is 5.59. The van der Waals surface area contributed by atoms with Gasteiger partial charge in [0.05, 0.1) is 13.2 Å². The molecule has 2 aromatic rings. The van der Waals surface area contributed by atoms with Crippen molar-refractivity contribution in [2.24, 2.45) is 0 Å². The summed E-state index contributed by atoms with van der Waals surface area (Å²) in [7, 11) is 1.70. The van der Waals surface area contributed by atoms with Crippen molar-refractivity contribution in [3.8, 4) is 5.75 Å². The van der Waals surface area contributed by atoms with Gasteiger partial charge in [0.2, 0.25) is 0 Å². The Morgan fingerprint density at radius 3 is 2.62 bits per heavy atom. The second-order valence-corrected chi connectivity index (χ2v) is 5.67. The molecule has 1 N–H and O–H groups in total. The van der Waals surface area contributed by atoms with E-state index >= 15 is 0 Å². The summed E-state index contributed by atoms with van der Waals surface area (Å²) >= 11 is 0. The molecule has 0 bridgehead atoms. The molecule has 1 aliphatic rings. The SMILES string of the molecule is CCOC1CC(NCc2ccc3cc(OC)ccc3c2)C1. The van der Waals surface area contributed by atoms with E-state index in [1.807, 2.05) is 6.07 Å². The molecule has 3 heteroatoms. The fourth-order valence-corrected chi connectivity index (χ4v) is 2.88. The van der Waals surface area contributed by atoms with Gasteiger partial charge in [-0.3, -0.25) is 0 Å². The summed E-state index contributed by atoms with van der Waals surface area (Å²) in [6.07, 6.45) is 2.74. The van der Waals surface area contributed by atoms with Gasteiger partial charge in [0.15, 0.2) is 0 Å². The number of fused-ring (bicyclic) bond motifs is 1. The zero-order valence-electron chi connectivity index (χ0n) is 12.8. The second-order valence-electron chi connectivity index (χ2n) is 5.67. The van der Waals surface area contributed by atoms with Gasteiger partial charge < -0.3 is 14.8 Å². The van der Waals surface area contributed by atoms with E-state index in [1.54, 1.807) is 7.11 Å². The number of hydrogen-bond acceptors (Lipinski definition) is 3. The van der Waals surface area contributed by atoms with E-state index < -0.39 is 0 Å². The molecule has 0 aliphatic heterocycles. The summed E-state index contributed by atoms with van der Waals surface area (Å²) < 4.78 is 10.8. The van der Waals surface area contributed by atoms with Crippen molar-refractivity contribution in [1.29, 1.82) is 0 Å². The van der Waals surface area contributed by atoms with Crippen LogP contribution in [0.15, 0.2) is 36.4 Å². The lowest BCUT2D eigenvalue weighted by Gasteiger charge is -2.35. The average molecular weight is 285 g/mol. The molecular weight excluding hydrogens is 262 g/mol. The summed E-state index contributed by atoms with van der Waals surface area (Å²) in [5.41, 5.74) is 1.33. The average Bonchev–Trinajstić information content (AvgIpc) is 2.48. The topological polar surface area (TPSA) is 30.5 Å². The highest BCUT2D eigenvalue weighted by molar-refractivity contribution is 5.84. The Kier molecular flexibility index (Phi) is 4.42. The van der Waals surface area contributed by atoms with Crippen LogP contribution in [0.1, 0.15) is 25.3 Å². The number of ether oxygens (including phenoxy) is 2. The first-order chi connectivity index (χ1) is 10.3. The highest BCUT2D eigenvalue weighted by Crippen LogP contribution is 2.25. The smallest absolute Gasteiger partial charge is 0.119 e. The summed E-state index contributed by atoms with van der Waals surface area (Å²) in [4.78, 5) is 0. The van der Waals surface area contributed by atoms with Crippen molar-refractivity contribution < 1.29 is 9.47 Å². The Morgan fingerprint density at radius 2 is 1.86 bits per heavy atom. The van der Waals surface area contributed by atoms with Crippen LogP contribution >= 0.6 is 0 Å². The summed E-state index contributed by atoms with van der Waals surface area (Å²) in [6.45, 7) is 3.81. The zero-order valence-corrected chi connectivity index (χ0v) is 12.8. The number of hydrogen-bond donors (Lipinski definition) is 1. The van der Waals surface area contributed by atoms with Crippen LogP contribution in [-0.4, -0.2) is 25.9 Å². The van der Waals surface area contributed by atoms with Crippen molar-refractivity contribution in [2.75, 3.05) is 13.7 Å². The zero-order chi connectivity index (χ0) is 14.7. The summed E-state index contributed by atoms with van der Waals surface area (Å²) in [5.74, 6) is 0.907. The quantitative estimate of drug-likeness (QED) is 0.881. The van der Waals surface area contributed by atoms with E-state index in [2.05, 4.69) is 42.6 Å². The molecule has 112 valence electrons. The van der Waals surface area contributed by atoms with Crippen LogP contribution in [0.25, 0.3) is 10.8 Å². The molecule has 0 saturated heterocycles. The third-order valence-electron chi connectivity index (χ3n) is 4.20. The van der Waals surface area contributed by atoms with Crippen LogP contribution in [0, 0.1) is 0 Å². The number of methoxy groups -OCH3 is 1. The Hall–Kier alpha value is -1.58. The fraction of sp³-hybridized carbons (Fsp3) is 0.444. The minimum absolute atomic E-state index is 0.469. The van der Waals surface area contributed by atoms with E-state index in [-0.39, 0.29) is 0 Å². The number of benzene rings is 2. The van der Waals surface area contributed by atoms with Crippen LogP contribution in [0.5, 0.6) is 5.75 Å². The summed E-state index contributed by atoms with van der Waals surface area (Å²) in [5, 5.41) is 6.09. The van der Waals surface area contributed by atoms with Gasteiger partial charge in [-0.15, -0.1) is 0 Å². The highest BCUT2D eigenvalue weighted by atomic mass is 16.5. The van der Waals surface area contributed by atoms with Gasteiger partial charge in [0, 0.05) is 19.2 Å². The molecule has 3 rings (SSSR count). The minimum atomic E-state index is 0.469. The Balaban J connectivity index is 1.58. The van der Waals surface area contributed by atoms with Gasteiger partial charge >= 0.3 is 0 Å². The first-order valence-electron chi connectivity index (χ1n) is 7.70. The molecule has 0 amide bonds. The number of nitrogens with one attached hydrogen (secondary N) is 1. The van der Waals surface area contributed by atoms with Gasteiger partial charge in [0.25, 0.3) is 0 Å². The van der Waals surface area contributed by atoms with Crippen molar-refractivity contribution >= 4 is 10.8 Å². The fourth-order valence-electron chi connectivity index (χ4n) is 2.88. The van der Waals surface area contributed by atoms with E-state index in [0.29, 0.717) is 12.1 Å². The molecule has 1 aliphatic carbocycles. The lowest BCUT2D eigenvalue weighted by atomic mass is 9.89. The predicted octanol–water partition coefficient (Wildman–Crippen LogP) is 3.51. The Bertz CT molecular complexity index is 605. The monoisotopic (exact) mass is 285 g/mol. The van der Waals surface area contributed by atoms with Gasteiger partial charge in [-0.05, 0) is 54.3 Å². The van der Waals surface area contributed by atoms with Crippen LogP contribution in [0.3, 0.4) is 0 Å². The van der Waals surface area contributed by atoms with E-state index in [9.17, 15) is 0 Å². The van der Waals surface area contributed by atoms with E-state index in [4.69, 9.17) is 9.47 Å². The molecule has 1 saturated carbocycles. The predicted molar refractivity (Wildman–Crippen MR) is 85.8 cm³/mol. The Labute approximate surface area is 126 Å². The molecule has 1 fully saturated rings. The van der Waals surface area contributed by atoms with Crippen molar-refractivity contribution in [3.05, 3.63) is 42.0 Å². The highest BCUT2D eigenvalue weighted by Gasteiger charge is 2.28. The van der Waals surface area contributed by atoms with Crippen LogP contribution in [0.2, 0.25) is 0 Å². The summed E-state index contributed by atoms with van der Waals surface area (Å²) in [6, 6.07) is 13.4. The van der Waals surface area contributed by atoms with Crippen LogP contribution in [0.4, 0.5) is 0 Å². The first-order valence-corrected chi connectivity index (χ1v) is 7.70. The van der Waals surface area contributed by atoms with Gasteiger partial charge in [-0.2, -0.15) is 0 Å². The third kappa shape index (κ3) is 3.36. The van der Waals surface area contributed by atoms with Crippen LogP contribution < -0.4 is 10.1 Å². The molecule has 0 aromatic heterocycles. The maximum absolute atomic E-state index is 5.59. The molecule has 0 heterocycles. The van der Waals surface area contributed by atoms with Crippen molar-refractivity contribution in [3.63, 3.8) is 0 Å². The Morgan fingerprint density at radius 1 is 1.10 bits per heavy atom. The molecule has 2 aromatic carbocycles. The maximum Gasteiger partial charge on any atom is 0.119 e. The molecule has 0 atom stereocenters. The van der Waals surface area contributed by atoms with E-state index in [1.165, 1.54) is 16.3 Å². The third-order valence-corrected chi connectivity index (χ3v) is 4.20. The first kappa shape index (κ1) is 14.4. The van der Waals surface area contributed by atoms with Crippen molar-refractivity contribution in [2.45, 2.75) is 38.5 Å². The minimum Gasteiger partial charge on any atom is -0.497 e. The van der Waals surface area contributed by atoms with E-state index in [0.717, 1.165) is 31.7 Å². The molecule has 0 radical (unpaired) electrons. The second kappa shape index (κ2) is 6.46. The van der Waals surface area contributed by atoms with Gasteiger partial charge in [-0.1, -0.05) is 18.2 Å². The molecule has 3 nitrogen and oxygen atoms in total.